The first-order valence-corrected chi connectivity index (χ1v) is 10.7. The molecule has 1 N–H and O–H groups in total. The molecule has 0 aliphatic carbocycles. The van der Waals surface area contributed by atoms with Crippen LogP contribution in [0.3, 0.4) is 0 Å². The van der Waals surface area contributed by atoms with Gasteiger partial charge in [0.1, 0.15) is 0 Å². The van der Waals surface area contributed by atoms with Crippen molar-refractivity contribution in [3.63, 3.8) is 0 Å². The third-order valence-corrected chi connectivity index (χ3v) is 7.32. The van der Waals surface area contributed by atoms with Crippen LogP contribution in [0.2, 0.25) is 0 Å². The number of amides is 1. The third kappa shape index (κ3) is 4.06. The Morgan fingerprint density at radius 3 is 2.07 bits per heavy atom. The van der Waals surface area contributed by atoms with E-state index in [2.05, 4.69) is 5.32 Å². The molecule has 27 heavy (non-hydrogen) atoms. The standard InChI is InChI=1S/C21H26N2O3S/c1-15-7-4-5-10-19(15)27(25,26)23-13-11-18(12-14-23)21(24)22-20-16(2)8-6-9-17(20)3/h4-10,18H,11-14H2,1-3H3,(H,22,24). The molecule has 1 aliphatic rings. The Balaban J connectivity index is 1.67. The number of para-hydroxylation sites is 1. The maximum atomic E-state index is 12.9. The van der Waals surface area contributed by atoms with Crippen molar-refractivity contribution in [2.24, 2.45) is 5.92 Å². The number of rotatable bonds is 4. The Bertz CT molecular complexity index is 925. The van der Waals surface area contributed by atoms with Gasteiger partial charge in [-0.3, -0.25) is 4.79 Å². The molecular weight excluding hydrogens is 360 g/mol. The van der Waals surface area contributed by atoms with Crippen LogP contribution in [0.25, 0.3) is 0 Å². The fourth-order valence-corrected chi connectivity index (χ4v) is 5.28. The summed E-state index contributed by atoms with van der Waals surface area (Å²) in [6.07, 6.45) is 1.06. The molecule has 2 aromatic rings. The molecule has 3 rings (SSSR count). The van der Waals surface area contributed by atoms with E-state index < -0.39 is 10.0 Å². The zero-order valence-electron chi connectivity index (χ0n) is 16.0. The molecule has 0 saturated carbocycles. The molecule has 0 spiro atoms. The highest BCUT2D eigenvalue weighted by molar-refractivity contribution is 7.89. The number of nitrogens with zero attached hydrogens (tertiary/aromatic N) is 1. The second-order valence-electron chi connectivity index (χ2n) is 7.20. The van der Waals surface area contributed by atoms with E-state index in [9.17, 15) is 13.2 Å². The van der Waals surface area contributed by atoms with Gasteiger partial charge in [-0.1, -0.05) is 36.4 Å². The van der Waals surface area contributed by atoms with Gasteiger partial charge in [-0.2, -0.15) is 4.31 Å². The molecule has 1 aliphatic heterocycles. The zero-order valence-corrected chi connectivity index (χ0v) is 16.8. The largest absolute Gasteiger partial charge is 0.325 e. The lowest BCUT2D eigenvalue weighted by molar-refractivity contribution is -0.120. The molecule has 1 heterocycles. The second-order valence-corrected chi connectivity index (χ2v) is 9.11. The van der Waals surface area contributed by atoms with Crippen LogP contribution in [-0.4, -0.2) is 31.7 Å². The van der Waals surface area contributed by atoms with Crippen molar-refractivity contribution in [2.75, 3.05) is 18.4 Å². The minimum Gasteiger partial charge on any atom is -0.325 e. The Morgan fingerprint density at radius 1 is 0.926 bits per heavy atom. The SMILES string of the molecule is Cc1ccccc1S(=O)(=O)N1CCC(C(=O)Nc2c(C)cccc2C)CC1. The molecule has 1 amide bonds. The first kappa shape index (κ1) is 19.6. The van der Waals surface area contributed by atoms with Gasteiger partial charge >= 0.3 is 0 Å². The first-order chi connectivity index (χ1) is 12.8. The molecule has 0 atom stereocenters. The summed E-state index contributed by atoms with van der Waals surface area (Å²) in [5, 5.41) is 3.04. The Kier molecular flexibility index (Phi) is 5.67. The molecule has 2 aromatic carbocycles. The van der Waals surface area contributed by atoms with Gasteiger partial charge in [-0.25, -0.2) is 8.42 Å². The maximum absolute atomic E-state index is 12.9. The molecule has 0 radical (unpaired) electrons. The fourth-order valence-electron chi connectivity index (χ4n) is 3.58. The normalized spacial score (nSPS) is 16.3. The van der Waals surface area contributed by atoms with Crippen molar-refractivity contribution in [1.82, 2.24) is 4.31 Å². The molecule has 144 valence electrons. The van der Waals surface area contributed by atoms with Crippen molar-refractivity contribution < 1.29 is 13.2 Å². The minimum absolute atomic E-state index is 0.0275. The van der Waals surface area contributed by atoms with E-state index in [4.69, 9.17) is 0 Å². The number of hydrogen-bond donors (Lipinski definition) is 1. The van der Waals surface area contributed by atoms with Crippen LogP contribution in [0.5, 0.6) is 0 Å². The number of benzene rings is 2. The quantitative estimate of drug-likeness (QED) is 0.872. The third-order valence-electron chi connectivity index (χ3n) is 5.27. The van der Waals surface area contributed by atoms with Crippen molar-refractivity contribution in [2.45, 2.75) is 38.5 Å². The number of anilines is 1. The highest BCUT2D eigenvalue weighted by Crippen LogP contribution is 2.27. The average molecular weight is 387 g/mol. The summed E-state index contributed by atoms with van der Waals surface area (Å²) in [7, 11) is -3.51. The van der Waals surface area contributed by atoms with E-state index in [-0.39, 0.29) is 11.8 Å². The van der Waals surface area contributed by atoms with Crippen molar-refractivity contribution in [1.29, 1.82) is 0 Å². The smallest absolute Gasteiger partial charge is 0.243 e. The van der Waals surface area contributed by atoms with Crippen LogP contribution in [0, 0.1) is 26.7 Å². The first-order valence-electron chi connectivity index (χ1n) is 9.23. The van der Waals surface area contributed by atoms with Gasteiger partial charge in [0, 0.05) is 24.7 Å². The molecule has 0 unspecified atom stereocenters. The van der Waals surface area contributed by atoms with E-state index in [1.54, 1.807) is 25.1 Å². The number of carbonyl (C=O) groups is 1. The van der Waals surface area contributed by atoms with E-state index >= 15 is 0 Å². The minimum atomic E-state index is -3.51. The number of sulfonamides is 1. The number of hydrogen-bond acceptors (Lipinski definition) is 3. The summed E-state index contributed by atoms with van der Waals surface area (Å²) >= 11 is 0. The lowest BCUT2D eigenvalue weighted by atomic mass is 9.96. The van der Waals surface area contributed by atoms with E-state index in [1.807, 2.05) is 38.1 Å². The van der Waals surface area contributed by atoms with Crippen LogP contribution in [0.4, 0.5) is 5.69 Å². The van der Waals surface area contributed by atoms with Gasteiger partial charge < -0.3 is 5.32 Å². The van der Waals surface area contributed by atoms with Crippen LogP contribution < -0.4 is 5.32 Å². The molecule has 0 aromatic heterocycles. The predicted octanol–water partition coefficient (Wildman–Crippen LogP) is 3.65. The molecule has 1 saturated heterocycles. The van der Waals surface area contributed by atoms with Gasteiger partial charge in [0.15, 0.2) is 0 Å². The van der Waals surface area contributed by atoms with Crippen LogP contribution >= 0.6 is 0 Å². The predicted molar refractivity (Wildman–Crippen MR) is 107 cm³/mol. The molecule has 0 bridgehead atoms. The molecule has 6 heteroatoms. The van der Waals surface area contributed by atoms with Gasteiger partial charge in [-0.15, -0.1) is 0 Å². The second kappa shape index (κ2) is 7.82. The highest BCUT2D eigenvalue weighted by atomic mass is 32.2. The van der Waals surface area contributed by atoms with E-state index in [1.165, 1.54) is 4.31 Å². The van der Waals surface area contributed by atoms with Gasteiger partial charge in [0.2, 0.25) is 15.9 Å². The maximum Gasteiger partial charge on any atom is 0.243 e. The number of piperidine rings is 1. The molecular formula is C21H26N2O3S. The summed E-state index contributed by atoms with van der Waals surface area (Å²) in [6.45, 7) is 6.47. The Hall–Kier alpha value is -2.18. The summed E-state index contributed by atoms with van der Waals surface area (Å²) in [5.74, 6) is -0.201. The van der Waals surface area contributed by atoms with Gasteiger partial charge in [0.05, 0.1) is 4.90 Å². The summed E-state index contributed by atoms with van der Waals surface area (Å²) in [6, 6.07) is 12.9. The summed E-state index contributed by atoms with van der Waals surface area (Å²) in [5.41, 5.74) is 3.66. The monoisotopic (exact) mass is 386 g/mol. The van der Waals surface area contributed by atoms with Crippen molar-refractivity contribution in [3.8, 4) is 0 Å². The van der Waals surface area contributed by atoms with Gasteiger partial charge in [-0.05, 0) is 56.4 Å². The number of carbonyl (C=O) groups excluding carboxylic acids is 1. The van der Waals surface area contributed by atoms with E-state index in [0.717, 1.165) is 22.4 Å². The van der Waals surface area contributed by atoms with Crippen LogP contribution in [0.15, 0.2) is 47.4 Å². The summed E-state index contributed by atoms with van der Waals surface area (Å²) < 4.78 is 27.3. The Morgan fingerprint density at radius 2 is 1.48 bits per heavy atom. The lowest BCUT2D eigenvalue weighted by Crippen LogP contribution is -2.41. The molecule has 1 fully saturated rings. The van der Waals surface area contributed by atoms with Crippen LogP contribution in [-0.2, 0) is 14.8 Å². The topological polar surface area (TPSA) is 66.5 Å². The van der Waals surface area contributed by atoms with Crippen molar-refractivity contribution in [3.05, 3.63) is 59.2 Å². The number of aryl methyl sites for hydroxylation is 3. The lowest BCUT2D eigenvalue weighted by Gasteiger charge is -2.31. The molecule has 5 nitrogen and oxygen atoms in total. The summed E-state index contributed by atoms with van der Waals surface area (Å²) in [4.78, 5) is 13.0. The van der Waals surface area contributed by atoms with Crippen molar-refractivity contribution >= 4 is 21.6 Å². The number of nitrogens with one attached hydrogen (secondary N) is 1. The van der Waals surface area contributed by atoms with E-state index in [0.29, 0.717) is 30.8 Å². The van der Waals surface area contributed by atoms with Gasteiger partial charge in [0.25, 0.3) is 0 Å². The van der Waals surface area contributed by atoms with Crippen LogP contribution in [0.1, 0.15) is 29.5 Å². The Labute approximate surface area is 161 Å². The average Bonchev–Trinajstić information content (AvgIpc) is 2.65. The zero-order chi connectivity index (χ0) is 19.6. The fraction of sp³-hybridized carbons (Fsp3) is 0.381. The highest BCUT2D eigenvalue weighted by Gasteiger charge is 2.32.